The molecule has 0 bridgehead atoms. The Kier molecular flexibility index (Phi) is 16.3. The molecule has 4 aromatic heterocycles. The summed E-state index contributed by atoms with van der Waals surface area (Å²) in [7, 11) is 0. The molecule has 4 nitrogen and oxygen atoms in total. The molecule has 0 N–H and O–H groups in total. The van der Waals surface area contributed by atoms with Gasteiger partial charge in [-0.3, -0.25) is 0 Å². The molecule has 0 aliphatic carbocycles. The van der Waals surface area contributed by atoms with Gasteiger partial charge in [-0.15, -0.1) is 0 Å². The van der Waals surface area contributed by atoms with E-state index >= 15 is 0 Å². The third-order valence-electron chi connectivity index (χ3n) is 26.2. The highest BCUT2D eigenvalue weighted by molar-refractivity contribution is 6.21. The molecule has 4 heteroatoms. The van der Waals surface area contributed by atoms with Gasteiger partial charge in [0.25, 0.3) is 0 Å². The van der Waals surface area contributed by atoms with Crippen LogP contribution in [0.1, 0.15) is 0 Å². The van der Waals surface area contributed by atoms with Gasteiger partial charge in [-0.1, -0.05) is 328 Å². The summed E-state index contributed by atoms with van der Waals surface area (Å²) in [5, 5.41) is 25.4. The highest BCUT2D eigenvalue weighted by Gasteiger charge is 2.22. The van der Waals surface area contributed by atoms with Crippen LogP contribution in [0.5, 0.6) is 0 Å². The predicted molar refractivity (Wildman–Crippen MR) is 528 cm³/mol. The molecule has 26 aromatic rings. The van der Waals surface area contributed by atoms with Gasteiger partial charge in [0.2, 0.25) is 0 Å². The van der Waals surface area contributed by atoms with Crippen molar-refractivity contribution in [1.29, 1.82) is 0 Å². The second-order valence-electron chi connectivity index (χ2n) is 33.0. The molecular weight excluding hydrogens is 1500 g/mol. The zero-order valence-corrected chi connectivity index (χ0v) is 67.7. The van der Waals surface area contributed by atoms with Gasteiger partial charge in [0.05, 0.1) is 44.1 Å². The van der Waals surface area contributed by atoms with E-state index in [4.69, 9.17) is 0 Å². The lowest BCUT2D eigenvalue weighted by Crippen LogP contribution is -1.94. The second kappa shape index (κ2) is 28.7. The van der Waals surface area contributed by atoms with Crippen LogP contribution in [-0.4, -0.2) is 18.3 Å². The van der Waals surface area contributed by atoms with E-state index in [1.807, 2.05) is 0 Å². The van der Waals surface area contributed by atoms with Crippen molar-refractivity contribution in [3.8, 4) is 89.5 Å². The van der Waals surface area contributed by atoms with E-state index in [0.29, 0.717) is 0 Å². The standard InChI is InChI=1S/2C60H38N2/c1-2-11-39(12-3-1)40-21-28-47(29-22-40)61-57-19-8-6-17-53(57)55-37-44(26-33-59(55)61)45-27-34-60-56(38-45)54-18-7-9-20-58(54)62(60)48-15-10-14-42(36-48)43-24-30-50-46(35-43)25-32-51-49-16-5-4-13-41(49)23-31-52(50)51;1-2-10-39(11-3-1)40-18-27-47(28-19-40)61-57-16-8-6-14-53(57)55-37-44(25-34-59(55)61)45-26-35-60-56(38-45)54-15-7-9-17-58(54)62(60)48-29-20-41(21-30-48)43-23-31-50-46(36-43)24-33-51-49-13-5-4-12-42(49)22-32-52(50)51/h2*1-38H. The van der Waals surface area contributed by atoms with Gasteiger partial charge in [0, 0.05) is 65.8 Å². The van der Waals surface area contributed by atoms with E-state index in [1.165, 1.54) is 219 Å². The second-order valence-corrected chi connectivity index (χ2v) is 33.0. The van der Waals surface area contributed by atoms with Crippen LogP contribution in [-0.2, 0) is 0 Å². The molecule has 0 saturated heterocycles. The van der Waals surface area contributed by atoms with E-state index in [2.05, 4.69) is 479 Å². The van der Waals surface area contributed by atoms with Gasteiger partial charge < -0.3 is 18.3 Å². The lowest BCUT2D eigenvalue weighted by molar-refractivity contribution is 1.18. The first-order valence-electron chi connectivity index (χ1n) is 42.8. The monoisotopic (exact) mass is 1570 g/mol. The number of nitrogens with zero attached hydrogens (tertiary/aromatic N) is 4. The first kappa shape index (κ1) is 70.6. The molecule has 0 radical (unpaired) electrons. The Morgan fingerprint density at radius 3 is 0.685 bits per heavy atom. The van der Waals surface area contributed by atoms with Gasteiger partial charge in [-0.25, -0.2) is 0 Å². The largest absolute Gasteiger partial charge is 0.309 e. The number of rotatable bonds is 10. The molecule has 0 aliphatic heterocycles. The van der Waals surface area contributed by atoms with Crippen LogP contribution < -0.4 is 0 Å². The van der Waals surface area contributed by atoms with Crippen LogP contribution in [0.4, 0.5) is 0 Å². The Bertz CT molecular complexity index is 8820. The minimum Gasteiger partial charge on any atom is -0.309 e. The molecule has 0 amide bonds. The molecular formula is C120H76N4. The van der Waals surface area contributed by atoms with Crippen molar-refractivity contribution in [3.63, 3.8) is 0 Å². The van der Waals surface area contributed by atoms with Crippen LogP contribution >= 0.6 is 0 Å². The number of fused-ring (bicyclic) bond motifs is 22. The van der Waals surface area contributed by atoms with Gasteiger partial charge in [0.1, 0.15) is 0 Å². The Morgan fingerprint density at radius 2 is 0.323 bits per heavy atom. The van der Waals surface area contributed by atoms with Crippen molar-refractivity contribution in [2.45, 2.75) is 0 Å². The van der Waals surface area contributed by atoms with E-state index < -0.39 is 0 Å². The Balaban J connectivity index is 0.000000136. The summed E-state index contributed by atoms with van der Waals surface area (Å²) >= 11 is 0. The lowest BCUT2D eigenvalue weighted by atomic mass is 9.95. The smallest absolute Gasteiger partial charge is 0.0541 e. The summed E-state index contributed by atoms with van der Waals surface area (Å²) in [6.45, 7) is 0. The highest BCUT2D eigenvalue weighted by atomic mass is 15.0. The summed E-state index contributed by atoms with van der Waals surface area (Å²) < 4.78 is 9.64. The number of aromatic nitrogens is 4. The molecule has 576 valence electrons. The molecule has 0 fully saturated rings. The maximum atomic E-state index is 2.43. The summed E-state index contributed by atoms with van der Waals surface area (Å²) in [5.41, 5.74) is 28.8. The number of benzene rings is 22. The van der Waals surface area contributed by atoms with E-state index in [0.717, 1.165) is 22.7 Å². The first-order valence-corrected chi connectivity index (χ1v) is 42.8. The molecule has 0 atom stereocenters. The minimum absolute atomic E-state index is 1.15. The van der Waals surface area contributed by atoms with Crippen molar-refractivity contribution in [2.75, 3.05) is 0 Å². The quantitative estimate of drug-likeness (QED) is 0.122. The Morgan fingerprint density at radius 1 is 0.0968 bits per heavy atom. The van der Waals surface area contributed by atoms with Crippen molar-refractivity contribution in [1.82, 2.24) is 18.3 Å². The van der Waals surface area contributed by atoms with E-state index in [9.17, 15) is 0 Å². The molecule has 26 rings (SSSR count). The third kappa shape index (κ3) is 11.6. The van der Waals surface area contributed by atoms with Gasteiger partial charge >= 0.3 is 0 Å². The fraction of sp³-hybridized carbons (Fsp3) is 0. The van der Waals surface area contributed by atoms with Crippen LogP contribution in [0.3, 0.4) is 0 Å². The number of hydrogen-bond donors (Lipinski definition) is 0. The predicted octanol–water partition coefficient (Wildman–Crippen LogP) is 32.7. The number of hydrogen-bond acceptors (Lipinski definition) is 0. The fourth-order valence-electron chi connectivity index (χ4n) is 20.2. The normalized spacial score (nSPS) is 11.9. The first-order chi connectivity index (χ1) is 61.5. The van der Waals surface area contributed by atoms with Crippen molar-refractivity contribution in [2.24, 2.45) is 0 Å². The molecule has 22 aromatic carbocycles. The molecule has 0 unspecified atom stereocenters. The van der Waals surface area contributed by atoms with Gasteiger partial charge in [-0.05, 0) is 265 Å². The van der Waals surface area contributed by atoms with Crippen molar-refractivity contribution in [3.05, 3.63) is 461 Å². The Hall–Kier alpha value is -16.4. The SMILES string of the molecule is c1ccc(-c2ccc(-n3c4ccccc4c4cc(-c5ccc6c(c5)c5ccccc5n6-c5ccc(-c6ccc7c(ccc8c9ccccc9ccc78)c6)cc5)ccc43)cc2)cc1.c1ccc(-c2ccc(-n3c4ccccc4c4cc(-c5ccc6c(c5)c5ccccc5n6-c5cccc(-c6ccc7c(ccc8c9ccccc9ccc78)c6)c5)ccc43)cc2)cc1. The van der Waals surface area contributed by atoms with Gasteiger partial charge in [-0.2, -0.15) is 0 Å². The van der Waals surface area contributed by atoms with Gasteiger partial charge in [0.15, 0.2) is 0 Å². The van der Waals surface area contributed by atoms with Crippen LogP contribution in [0.15, 0.2) is 461 Å². The third-order valence-corrected chi connectivity index (χ3v) is 26.2. The molecule has 0 spiro atoms. The van der Waals surface area contributed by atoms with Crippen LogP contribution in [0, 0.1) is 0 Å². The van der Waals surface area contributed by atoms with Crippen LogP contribution in [0.25, 0.3) is 241 Å². The van der Waals surface area contributed by atoms with Crippen LogP contribution in [0.2, 0.25) is 0 Å². The average Bonchev–Trinajstić information content (AvgIpc) is 1.57. The molecule has 0 aliphatic rings. The van der Waals surface area contributed by atoms with E-state index in [1.54, 1.807) is 0 Å². The number of para-hydroxylation sites is 4. The minimum atomic E-state index is 1.15. The average molecular weight is 1570 g/mol. The summed E-state index contributed by atoms with van der Waals surface area (Å²) in [6, 6.07) is 169. The zero-order chi connectivity index (χ0) is 81.5. The maximum absolute atomic E-state index is 2.43. The summed E-state index contributed by atoms with van der Waals surface area (Å²) in [5.74, 6) is 0. The maximum Gasteiger partial charge on any atom is 0.0541 e. The fourth-order valence-corrected chi connectivity index (χ4v) is 20.2. The summed E-state index contributed by atoms with van der Waals surface area (Å²) in [6.07, 6.45) is 0. The van der Waals surface area contributed by atoms with E-state index in [-0.39, 0.29) is 0 Å². The van der Waals surface area contributed by atoms with Crippen molar-refractivity contribution < 1.29 is 0 Å². The Labute approximate surface area is 715 Å². The molecule has 0 saturated carbocycles. The topological polar surface area (TPSA) is 19.7 Å². The highest BCUT2D eigenvalue weighted by Crippen LogP contribution is 2.45. The van der Waals surface area contributed by atoms with Crippen molar-refractivity contribution >= 4 is 152 Å². The zero-order valence-electron chi connectivity index (χ0n) is 67.7. The summed E-state index contributed by atoms with van der Waals surface area (Å²) in [4.78, 5) is 0. The lowest BCUT2D eigenvalue weighted by Gasteiger charge is -2.12. The molecule has 124 heavy (non-hydrogen) atoms. The molecule has 4 heterocycles.